The van der Waals surface area contributed by atoms with Crippen molar-refractivity contribution in [1.29, 1.82) is 0 Å². The standard InChI is InChI=1S/C10H13N5O4/c11-10-12-1-4-8(14-10)15(3-13-4)9-7(18)6(17)5(2-16)19-9/h1,3,5-7,9,16-18H,2H2,(H2,11,12,14)/t5-,6+,7+,9-/m1/s1. The largest absolute Gasteiger partial charge is 0.394 e. The zero-order valence-corrected chi connectivity index (χ0v) is 9.79. The summed E-state index contributed by atoms with van der Waals surface area (Å²) in [6.45, 7) is -0.390. The smallest absolute Gasteiger partial charge is 0.222 e. The molecule has 2 aromatic rings. The van der Waals surface area contributed by atoms with Crippen molar-refractivity contribution in [2.24, 2.45) is 0 Å². The number of nitrogens with two attached hydrogens (primary N) is 1. The lowest BCUT2D eigenvalue weighted by Gasteiger charge is -2.16. The summed E-state index contributed by atoms with van der Waals surface area (Å²) < 4.78 is 6.85. The number of rotatable bonds is 2. The van der Waals surface area contributed by atoms with Crippen LogP contribution in [0.5, 0.6) is 0 Å². The predicted molar refractivity (Wildman–Crippen MR) is 62.7 cm³/mol. The van der Waals surface area contributed by atoms with E-state index in [0.29, 0.717) is 11.2 Å². The summed E-state index contributed by atoms with van der Waals surface area (Å²) in [4.78, 5) is 11.9. The maximum absolute atomic E-state index is 9.95. The van der Waals surface area contributed by atoms with Crippen LogP contribution >= 0.6 is 0 Å². The average molecular weight is 267 g/mol. The summed E-state index contributed by atoms with van der Waals surface area (Å²) in [5.74, 6) is 0.0704. The van der Waals surface area contributed by atoms with Crippen molar-refractivity contribution in [1.82, 2.24) is 19.5 Å². The Morgan fingerprint density at radius 3 is 2.79 bits per heavy atom. The minimum atomic E-state index is -1.19. The number of aliphatic hydroxyl groups is 3. The highest BCUT2D eigenvalue weighted by atomic mass is 16.6. The van der Waals surface area contributed by atoms with E-state index in [1.807, 2.05) is 0 Å². The first-order valence-corrected chi connectivity index (χ1v) is 5.69. The van der Waals surface area contributed by atoms with E-state index in [9.17, 15) is 10.2 Å². The van der Waals surface area contributed by atoms with E-state index in [0.717, 1.165) is 0 Å². The van der Waals surface area contributed by atoms with E-state index in [-0.39, 0.29) is 5.95 Å². The Balaban J connectivity index is 2.03. The fourth-order valence-corrected chi connectivity index (χ4v) is 2.14. The molecule has 1 aliphatic rings. The molecule has 0 amide bonds. The second-order valence-corrected chi connectivity index (χ2v) is 4.32. The molecule has 0 spiro atoms. The summed E-state index contributed by atoms with van der Waals surface area (Å²) in [5, 5.41) is 28.7. The lowest BCUT2D eigenvalue weighted by atomic mass is 10.1. The van der Waals surface area contributed by atoms with E-state index < -0.39 is 31.1 Å². The van der Waals surface area contributed by atoms with Gasteiger partial charge in [-0.1, -0.05) is 0 Å². The minimum Gasteiger partial charge on any atom is -0.394 e. The van der Waals surface area contributed by atoms with Crippen LogP contribution in [0.15, 0.2) is 12.5 Å². The zero-order chi connectivity index (χ0) is 13.6. The van der Waals surface area contributed by atoms with Gasteiger partial charge in [0.1, 0.15) is 23.8 Å². The molecule has 3 heterocycles. The molecule has 1 aliphatic heterocycles. The van der Waals surface area contributed by atoms with Crippen molar-refractivity contribution < 1.29 is 20.1 Å². The van der Waals surface area contributed by atoms with Gasteiger partial charge in [0.25, 0.3) is 0 Å². The number of ether oxygens (including phenoxy) is 1. The third-order valence-corrected chi connectivity index (χ3v) is 3.13. The van der Waals surface area contributed by atoms with Crippen LogP contribution in [0.1, 0.15) is 6.23 Å². The molecule has 0 aliphatic carbocycles. The molecule has 1 saturated heterocycles. The lowest BCUT2D eigenvalue weighted by molar-refractivity contribution is -0.0511. The Morgan fingerprint density at radius 2 is 2.11 bits per heavy atom. The Labute approximate surface area is 107 Å². The van der Waals surface area contributed by atoms with Crippen molar-refractivity contribution in [3.63, 3.8) is 0 Å². The molecule has 9 nitrogen and oxygen atoms in total. The number of hydrogen-bond donors (Lipinski definition) is 4. The van der Waals surface area contributed by atoms with Crippen LogP contribution in [0.2, 0.25) is 0 Å². The normalized spacial score (nSPS) is 31.1. The minimum absolute atomic E-state index is 0.0704. The van der Waals surface area contributed by atoms with Gasteiger partial charge in [-0.15, -0.1) is 0 Å². The van der Waals surface area contributed by atoms with Crippen molar-refractivity contribution in [3.8, 4) is 0 Å². The fraction of sp³-hybridized carbons (Fsp3) is 0.500. The van der Waals surface area contributed by atoms with Crippen molar-refractivity contribution in [3.05, 3.63) is 12.5 Å². The van der Waals surface area contributed by atoms with Gasteiger partial charge < -0.3 is 25.8 Å². The van der Waals surface area contributed by atoms with Gasteiger partial charge in [0.05, 0.1) is 19.1 Å². The molecule has 0 bridgehead atoms. The Hall–Kier alpha value is -1.81. The van der Waals surface area contributed by atoms with Crippen LogP contribution in [-0.2, 0) is 4.74 Å². The summed E-state index contributed by atoms with van der Waals surface area (Å²) in [7, 11) is 0. The van der Waals surface area contributed by atoms with Crippen molar-refractivity contribution in [2.45, 2.75) is 24.5 Å². The molecule has 1 fully saturated rings. The van der Waals surface area contributed by atoms with Gasteiger partial charge >= 0.3 is 0 Å². The highest BCUT2D eigenvalue weighted by Crippen LogP contribution is 2.31. The SMILES string of the molecule is Nc1ncc2ncn([C@@H]3O[C@H](CO)[C@H](O)[C@@H]3O)c2n1. The fourth-order valence-electron chi connectivity index (χ4n) is 2.14. The van der Waals surface area contributed by atoms with Gasteiger partial charge in [0.2, 0.25) is 5.95 Å². The van der Waals surface area contributed by atoms with Crippen LogP contribution < -0.4 is 5.73 Å². The quantitative estimate of drug-likeness (QED) is 0.491. The first-order chi connectivity index (χ1) is 9.11. The second kappa shape index (κ2) is 4.38. The molecule has 19 heavy (non-hydrogen) atoms. The summed E-state index contributed by atoms with van der Waals surface area (Å²) in [6, 6.07) is 0. The predicted octanol–water partition coefficient (Wildman–Crippen LogP) is -1.98. The van der Waals surface area contributed by atoms with Crippen molar-refractivity contribution >= 4 is 17.1 Å². The van der Waals surface area contributed by atoms with Crippen LogP contribution in [0.25, 0.3) is 11.2 Å². The third kappa shape index (κ3) is 1.83. The maximum Gasteiger partial charge on any atom is 0.222 e. The zero-order valence-electron chi connectivity index (χ0n) is 9.79. The number of anilines is 1. The molecular formula is C10H13N5O4. The molecule has 0 radical (unpaired) electrons. The molecule has 9 heteroatoms. The number of nitrogens with zero attached hydrogens (tertiary/aromatic N) is 4. The second-order valence-electron chi connectivity index (χ2n) is 4.32. The maximum atomic E-state index is 9.95. The Morgan fingerprint density at radius 1 is 1.32 bits per heavy atom. The molecule has 0 saturated carbocycles. The van der Waals surface area contributed by atoms with Crippen molar-refractivity contribution in [2.75, 3.05) is 12.3 Å². The van der Waals surface area contributed by atoms with Gasteiger partial charge in [-0.3, -0.25) is 4.57 Å². The third-order valence-electron chi connectivity index (χ3n) is 3.13. The van der Waals surface area contributed by atoms with Crippen LogP contribution in [-0.4, -0.2) is 59.8 Å². The molecule has 3 rings (SSSR count). The van der Waals surface area contributed by atoms with Gasteiger partial charge in [-0.2, -0.15) is 4.98 Å². The van der Waals surface area contributed by atoms with E-state index in [1.165, 1.54) is 17.1 Å². The molecular weight excluding hydrogens is 254 g/mol. The van der Waals surface area contributed by atoms with Crippen LogP contribution in [0.3, 0.4) is 0 Å². The highest BCUT2D eigenvalue weighted by molar-refractivity contribution is 5.70. The lowest BCUT2D eigenvalue weighted by Crippen LogP contribution is -2.33. The number of nitrogen functional groups attached to an aromatic ring is 1. The summed E-state index contributed by atoms with van der Waals surface area (Å²) in [6.07, 6.45) is -1.23. The first kappa shape index (κ1) is 12.2. The summed E-state index contributed by atoms with van der Waals surface area (Å²) >= 11 is 0. The van der Waals surface area contributed by atoms with Gasteiger partial charge in [0, 0.05) is 0 Å². The Bertz CT molecular complexity index is 603. The van der Waals surface area contributed by atoms with Gasteiger partial charge in [-0.25, -0.2) is 9.97 Å². The molecule has 4 atom stereocenters. The van der Waals surface area contributed by atoms with Crippen LogP contribution in [0, 0.1) is 0 Å². The summed E-state index contributed by atoms with van der Waals surface area (Å²) in [5.41, 5.74) is 6.39. The number of imidazole rings is 1. The average Bonchev–Trinajstić information content (AvgIpc) is 2.92. The number of fused-ring (bicyclic) bond motifs is 1. The molecule has 2 aromatic heterocycles. The van der Waals surface area contributed by atoms with Gasteiger partial charge in [-0.05, 0) is 0 Å². The molecule has 0 aromatic carbocycles. The van der Waals surface area contributed by atoms with E-state index in [4.69, 9.17) is 15.6 Å². The Kier molecular flexibility index (Phi) is 2.82. The number of aliphatic hydroxyl groups excluding tert-OH is 3. The first-order valence-electron chi connectivity index (χ1n) is 5.69. The van der Waals surface area contributed by atoms with Crippen LogP contribution in [0.4, 0.5) is 5.95 Å². The molecule has 0 unspecified atom stereocenters. The number of aromatic nitrogens is 4. The van der Waals surface area contributed by atoms with E-state index >= 15 is 0 Å². The van der Waals surface area contributed by atoms with E-state index in [2.05, 4.69) is 15.0 Å². The molecule has 102 valence electrons. The van der Waals surface area contributed by atoms with Gasteiger partial charge in [0.15, 0.2) is 11.9 Å². The topological polar surface area (TPSA) is 140 Å². The number of hydrogen-bond acceptors (Lipinski definition) is 8. The highest BCUT2D eigenvalue weighted by Gasteiger charge is 2.43. The van der Waals surface area contributed by atoms with E-state index in [1.54, 1.807) is 0 Å². The monoisotopic (exact) mass is 267 g/mol. The molecule has 5 N–H and O–H groups in total.